The lowest BCUT2D eigenvalue weighted by Crippen LogP contribution is -2.22. The van der Waals surface area contributed by atoms with Crippen LogP contribution in [0.4, 0.5) is 0 Å². The lowest BCUT2D eigenvalue weighted by atomic mass is 9.98. The van der Waals surface area contributed by atoms with Gasteiger partial charge in [-0.05, 0) is 54.3 Å². The lowest BCUT2D eigenvalue weighted by molar-refractivity contribution is 0.733. The molecule has 0 aliphatic carbocycles. The number of hydrogen-bond acceptors (Lipinski definition) is 2. The van der Waals surface area contributed by atoms with Gasteiger partial charge in [-0.3, -0.25) is 9.36 Å². The summed E-state index contributed by atoms with van der Waals surface area (Å²) in [6.07, 6.45) is 3.00. The van der Waals surface area contributed by atoms with Crippen molar-refractivity contribution in [3.8, 4) is 17.1 Å². The average molecular weight is 393 g/mol. The summed E-state index contributed by atoms with van der Waals surface area (Å²) in [6.45, 7) is 4.41. The van der Waals surface area contributed by atoms with E-state index in [1.165, 1.54) is 5.56 Å². The Hall–Kier alpha value is -3.66. The van der Waals surface area contributed by atoms with Crippen LogP contribution in [0.15, 0.2) is 83.8 Å². The number of hydrogen-bond donors (Lipinski definition) is 1. The third-order valence-corrected chi connectivity index (χ3v) is 5.94. The van der Waals surface area contributed by atoms with Crippen molar-refractivity contribution in [2.75, 3.05) is 0 Å². The van der Waals surface area contributed by atoms with E-state index in [2.05, 4.69) is 31.0 Å². The summed E-state index contributed by atoms with van der Waals surface area (Å²) in [5.74, 6) is 1.14. The molecule has 0 fully saturated rings. The second kappa shape index (κ2) is 7.30. The Labute approximate surface area is 174 Å². The molecule has 0 saturated carbocycles. The third kappa shape index (κ3) is 2.92. The van der Waals surface area contributed by atoms with Gasteiger partial charge >= 0.3 is 0 Å². The van der Waals surface area contributed by atoms with Crippen LogP contribution in [0.1, 0.15) is 31.7 Å². The van der Waals surface area contributed by atoms with Crippen molar-refractivity contribution in [3.63, 3.8) is 0 Å². The Morgan fingerprint density at radius 3 is 2.53 bits per heavy atom. The monoisotopic (exact) mass is 393 g/mol. The predicted octanol–water partition coefficient (Wildman–Crippen LogP) is 6.05. The predicted molar refractivity (Wildman–Crippen MR) is 123 cm³/mol. The Morgan fingerprint density at radius 2 is 1.73 bits per heavy atom. The van der Waals surface area contributed by atoms with E-state index < -0.39 is 0 Å². The highest BCUT2D eigenvalue weighted by atomic mass is 16.1. The number of para-hydroxylation sites is 1. The fourth-order valence-corrected chi connectivity index (χ4v) is 4.02. The fraction of sp³-hybridized carbons (Fsp3) is 0.154. The minimum Gasteiger partial charge on any atom is -0.361 e. The normalized spacial score (nSPS) is 12.5. The number of nitrogens with zero attached hydrogens (tertiary/aromatic N) is 2. The summed E-state index contributed by atoms with van der Waals surface area (Å²) < 4.78 is 1.74. The van der Waals surface area contributed by atoms with Crippen molar-refractivity contribution in [2.45, 2.75) is 26.2 Å². The first-order valence-electron chi connectivity index (χ1n) is 10.4. The summed E-state index contributed by atoms with van der Waals surface area (Å²) >= 11 is 0. The Kier molecular flexibility index (Phi) is 4.47. The first-order valence-corrected chi connectivity index (χ1v) is 10.4. The third-order valence-electron chi connectivity index (χ3n) is 5.94. The smallest absolute Gasteiger partial charge is 0.266 e. The van der Waals surface area contributed by atoms with Crippen LogP contribution < -0.4 is 5.56 Å². The molecule has 0 spiro atoms. The molecule has 0 saturated heterocycles. The van der Waals surface area contributed by atoms with Gasteiger partial charge in [-0.15, -0.1) is 0 Å². The van der Waals surface area contributed by atoms with Crippen molar-refractivity contribution < 1.29 is 0 Å². The zero-order chi connectivity index (χ0) is 20.7. The zero-order valence-corrected chi connectivity index (χ0v) is 17.1. The number of rotatable bonds is 4. The average Bonchev–Trinajstić information content (AvgIpc) is 3.28. The molecule has 0 aliphatic rings. The van der Waals surface area contributed by atoms with E-state index >= 15 is 0 Å². The van der Waals surface area contributed by atoms with Crippen LogP contribution in [-0.2, 0) is 0 Å². The second-order valence-corrected chi connectivity index (χ2v) is 7.74. The molecule has 1 N–H and O–H groups in total. The van der Waals surface area contributed by atoms with Gasteiger partial charge in [0, 0.05) is 22.7 Å². The first-order chi connectivity index (χ1) is 14.7. The first kappa shape index (κ1) is 18.4. The molecule has 4 nitrogen and oxygen atoms in total. The van der Waals surface area contributed by atoms with Gasteiger partial charge in [0.2, 0.25) is 0 Å². The highest BCUT2D eigenvalue weighted by Gasteiger charge is 2.17. The Balaban J connectivity index is 1.82. The molecule has 4 heteroatoms. The molecule has 148 valence electrons. The maximum absolute atomic E-state index is 13.6. The minimum absolute atomic E-state index is 0.0561. The SMILES string of the molecule is CCC(C)c1ccc(-n2c(-c3cccc4[nH]ccc34)nc3ccccc3c2=O)cc1. The van der Waals surface area contributed by atoms with Crippen LogP contribution in [0.3, 0.4) is 0 Å². The summed E-state index contributed by atoms with van der Waals surface area (Å²) in [5, 5.41) is 1.66. The van der Waals surface area contributed by atoms with Crippen LogP contribution in [-0.4, -0.2) is 14.5 Å². The van der Waals surface area contributed by atoms with Gasteiger partial charge in [-0.1, -0.05) is 50.2 Å². The van der Waals surface area contributed by atoms with Crippen LogP contribution in [0, 0.1) is 0 Å². The van der Waals surface area contributed by atoms with Crippen LogP contribution >= 0.6 is 0 Å². The molecule has 5 rings (SSSR count). The molecule has 2 heterocycles. The molecule has 0 amide bonds. The lowest BCUT2D eigenvalue weighted by Gasteiger charge is -2.16. The van der Waals surface area contributed by atoms with Gasteiger partial charge in [-0.2, -0.15) is 0 Å². The van der Waals surface area contributed by atoms with Crippen molar-refractivity contribution in [3.05, 3.63) is 94.9 Å². The second-order valence-electron chi connectivity index (χ2n) is 7.74. The van der Waals surface area contributed by atoms with E-state index in [-0.39, 0.29) is 5.56 Å². The molecule has 1 atom stereocenters. The molecule has 3 aromatic carbocycles. The topological polar surface area (TPSA) is 50.7 Å². The summed E-state index contributed by atoms with van der Waals surface area (Å²) in [6, 6.07) is 23.9. The zero-order valence-electron chi connectivity index (χ0n) is 17.1. The molecule has 0 bridgehead atoms. The number of fused-ring (bicyclic) bond motifs is 2. The van der Waals surface area contributed by atoms with Gasteiger partial charge < -0.3 is 4.98 Å². The van der Waals surface area contributed by atoms with Crippen LogP contribution in [0.2, 0.25) is 0 Å². The molecular weight excluding hydrogens is 370 g/mol. The number of aromatic amines is 1. The van der Waals surface area contributed by atoms with Crippen LogP contribution in [0.5, 0.6) is 0 Å². The maximum atomic E-state index is 13.6. The number of nitrogens with one attached hydrogen (secondary N) is 1. The van der Waals surface area contributed by atoms with E-state index in [1.54, 1.807) is 4.57 Å². The van der Waals surface area contributed by atoms with Crippen molar-refractivity contribution in [1.29, 1.82) is 0 Å². The highest BCUT2D eigenvalue weighted by Crippen LogP contribution is 2.29. The standard InChI is InChI=1S/C26H23N3O/c1-3-17(2)18-11-13-19(14-12-18)29-25(21-8-6-10-23-20(21)15-16-27-23)28-24-9-5-4-7-22(24)26(29)30/h4-17,27H,3H2,1-2H3. The molecule has 30 heavy (non-hydrogen) atoms. The van der Waals surface area contributed by atoms with Crippen molar-refractivity contribution in [2.24, 2.45) is 0 Å². The number of benzene rings is 3. The summed E-state index contributed by atoms with van der Waals surface area (Å²) in [5.41, 5.74) is 4.71. The number of aromatic nitrogens is 3. The summed E-state index contributed by atoms with van der Waals surface area (Å²) in [4.78, 5) is 21.8. The van der Waals surface area contributed by atoms with E-state index in [1.807, 2.05) is 66.9 Å². The van der Waals surface area contributed by atoms with E-state index in [9.17, 15) is 4.79 Å². The molecule has 1 unspecified atom stereocenters. The molecule has 0 aliphatic heterocycles. The molecule has 0 radical (unpaired) electrons. The Morgan fingerprint density at radius 1 is 0.933 bits per heavy atom. The van der Waals surface area contributed by atoms with Gasteiger partial charge in [-0.25, -0.2) is 4.98 Å². The minimum atomic E-state index is -0.0561. The van der Waals surface area contributed by atoms with E-state index in [4.69, 9.17) is 4.98 Å². The molecule has 2 aromatic heterocycles. The van der Waals surface area contributed by atoms with Gasteiger partial charge in [0.1, 0.15) is 5.82 Å². The number of H-pyrrole nitrogens is 1. The van der Waals surface area contributed by atoms with Crippen LogP contribution in [0.25, 0.3) is 38.9 Å². The van der Waals surface area contributed by atoms with Gasteiger partial charge in [0.05, 0.1) is 16.6 Å². The van der Waals surface area contributed by atoms with Crippen molar-refractivity contribution in [1.82, 2.24) is 14.5 Å². The van der Waals surface area contributed by atoms with Gasteiger partial charge in [0.15, 0.2) is 0 Å². The Bertz CT molecular complexity index is 1410. The fourth-order valence-electron chi connectivity index (χ4n) is 4.02. The molecule has 5 aromatic rings. The highest BCUT2D eigenvalue weighted by molar-refractivity contribution is 5.94. The quantitative estimate of drug-likeness (QED) is 0.404. The summed E-state index contributed by atoms with van der Waals surface area (Å²) in [7, 11) is 0. The van der Waals surface area contributed by atoms with Crippen molar-refractivity contribution >= 4 is 21.8 Å². The van der Waals surface area contributed by atoms with E-state index in [0.29, 0.717) is 22.6 Å². The maximum Gasteiger partial charge on any atom is 0.266 e. The largest absolute Gasteiger partial charge is 0.361 e. The molecular formula is C26H23N3O. The van der Waals surface area contributed by atoms with E-state index in [0.717, 1.165) is 28.6 Å². The van der Waals surface area contributed by atoms with Gasteiger partial charge in [0.25, 0.3) is 5.56 Å².